The highest BCUT2D eigenvalue weighted by molar-refractivity contribution is 6.30. The van der Waals surface area contributed by atoms with Crippen LogP contribution in [0.4, 0.5) is 4.79 Å². The second kappa shape index (κ2) is 12.1. The van der Waals surface area contributed by atoms with Gasteiger partial charge in [0, 0.05) is 36.9 Å². The van der Waals surface area contributed by atoms with Crippen LogP contribution >= 0.6 is 11.6 Å². The first-order valence-corrected chi connectivity index (χ1v) is 14.5. The summed E-state index contributed by atoms with van der Waals surface area (Å²) in [5, 5.41) is 7.92. The van der Waals surface area contributed by atoms with Crippen molar-refractivity contribution in [3.63, 3.8) is 0 Å². The number of ether oxygens (including phenoxy) is 1. The van der Waals surface area contributed by atoms with E-state index >= 15 is 0 Å². The fourth-order valence-electron chi connectivity index (χ4n) is 5.27. The molecule has 1 aromatic heterocycles. The third-order valence-electron chi connectivity index (χ3n) is 7.13. The topological polar surface area (TPSA) is 152 Å². The number of carbonyl (C=O) groups excluding carboxylic acids is 4. The number of amidine groups is 1. The number of rotatable bonds is 7. The molecule has 0 unspecified atom stereocenters. The molecule has 2 aliphatic rings. The molecule has 5 rings (SSSR count). The van der Waals surface area contributed by atoms with E-state index in [1.165, 1.54) is 11.0 Å². The van der Waals surface area contributed by atoms with Crippen LogP contribution in [0.1, 0.15) is 66.5 Å². The quantitative estimate of drug-likeness (QED) is 0.305. The number of aliphatic imine (C=N–C) groups is 1. The second-order valence-electron chi connectivity index (χ2n) is 11.7. The SMILES string of the molecule is Cn1ccc([C@@H]2N=C(c3ccc(C(=O)CC(N)=O)cc3OC(C)(C)C)N(C(=O)N3CCNC(=O)C3)[C@@H]2c2ccc(Cl)cc2)n1. The third-order valence-corrected chi connectivity index (χ3v) is 7.38. The number of benzene rings is 2. The Labute approximate surface area is 259 Å². The van der Waals surface area contributed by atoms with E-state index in [1.807, 2.05) is 39.0 Å². The van der Waals surface area contributed by atoms with Crippen LogP contribution in [0.25, 0.3) is 0 Å². The number of nitrogens with two attached hydrogens (primary N) is 1. The van der Waals surface area contributed by atoms with Gasteiger partial charge in [0.05, 0.1) is 23.7 Å². The van der Waals surface area contributed by atoms with Crippen molar-refractivity contribution in [2.45, 2.75) is 44.9 Å². The maximum Gasteiger partial charge on any atom is 0.326 e. The molecular formula is C31H34ClN7O5. The highest BCUT2D eigenvalue weighted by Gasteiger charge is 2.46. The summed E-state index contributed by atoms with van der Waals surface area (Å²) in [6, 6.07) is 12.0. The zero-order valence-electron chi connectivity index (χ0n) is 24.9. The first-order chi connectivity index (χ1) is 20.8. The van der Waals surface area contributed by atoms with Crippen LogP contribution in [0, 0.1) is 0 Å². The largest absolute Gasteiger partial charge is 0.487 e. The van der Waals surface area contributed by atoms with Crippen LogP contribution in [0.15, 0.2) is 59.7 Å². The van der Waals surface area contributed by atoms with Crippen LogP contribution in [-0.2, 0) is 16.6 Å². The van der Waals surface area contributed by atoms with E-state index in [2.05, 4.69) is 10.4 Å². The summed E-state index contributed by atoms with van der Waals surface area (Å²) < 4.78 is 7.99. The van der Waals surface area contributed by atoms with E-state index in [-0.39, 0.29) is 29.6 Å². The van der Waals surface area contributed by atoms with Gasteiger partial charge >= 0.3 is 6.03 Å². The van der Waals surface area contributed by atoms with Crippen molar-refractivity contribution in [3.05, 3.63) is 82.1 Å². The minimum atomic E-state index is -0.746. The standard InChI is InChI=1S/C31H34ClN7O5/c1-31(2,3)44-24-15-19(23(40)16-25(33)41)7-10-21(24)29-35-27(22-11-13-37(4)36-22)28(18-5-8-20(32)9-6-18)39(29)30(43)38-14-12-34-26(42)17-38/h5-11,13,15,27-28H,12,14,16-17H2,1-4H3,(H2,33,41)(H,34,42)/t27-,28+/m0/s1. The molecule has 0 aliphatic carbocycles. The normalized spacial score (nSPS) is 18.6. The Hall–Kier alpha value is -4.71. The first kappa shape index (κ1) is 30.7. The number of carbonyl (C=O) groups is 4. The fourth-order valence-corrected chi connectivity index (χ4v) is 5.39. The molecule has 2 aliphatic heterocycles. The van der Waals surface area contributed by atoms with E-state index < -0.39 is 41.8 Å². The fraction of sp³-hybridized carbons (Fsp3) is 0.355. The van der Waals surface area contributed by atoms with Crippen molar-refractivity contribution in [3.8, 4) is 5.75 Å². The minimum Gasteiger partial charge on any atom is -0.487 e. The van der Waals surface area contributed by atoms with E-state index in [0.717, 1.165) is 5.56 Å². The van der Waals surface area contributed by atoms with E-state index in [0.29, 0.717) is 29.4 Å². The predicted octanol–water partition coefficient (Wildman–Crippen LogP) is 3.41. The van der Waals surface area contributed by atoms with E-state index in [4.69, 9.17) is 27.1 Å². The van der Waals surface area contributed by atoms with Crippen LogP contribution in [-0.4, -0.2) is 74.3 Å². The number of nitrogens with zero attached hydrogens (tertiary/aromatic N) is 5. The molecular weight excluding hydrogens is 586 g/mol. The smallest absolute Gasteiger partial charge is 0.326 e. The second-order valence-corrected chi connectivity index (χ2v) is 12.2. The summed E-state index contributed by atoms with van der Waals surface area (Å²) in [6.07, 6.45) is 1.34. The van der Waals surface area contributed by atoms with Gasteiger partial charge in [0.1, 0.15) is 29.8 Å². The summed E-state index contributed by atoms with van der Waals surface area (Å²) in [7, 11) is 1.80. The highest BCUT2D eigenvalue weighted by atomic mass is 35.5. The van der Waals surface area contributed by atoms with Gasteiger partial charge in [0.25, 0.3) is 0 Å². The number of nitrogens with one attached hydrogen (secondary N) is 1. The number of primary amides is 1. The predicted molar refractivity (Wildman–Crippen MR) is 163 cm³/mol. The van der Waals surface area contributed by atoms with Gasteiger partial charge < -0.3 is 20.7 Å². The molecule has 0 saturated carbocycles. The van der Waals surface area contributed by atoms with Gasteiger partial charge in [-0.2, -0.15) is 5.10 Å². The van der Waals surface area contributed by atoms with Crippen LogP contribution in [0.5, 0.6) is 5.75 Å². The molecule has 1 saturated heterocycles. The molecule has 13 heteroatoms. The third kappa shape index (κ3) is 6.60. The highest BCUT2D eigenvalue weighted by Crippen LogP contribution is 2.45. The Kier molecular flexibility index (Phi) is 8.46. The van der Waals surface area contributed by atoms with Gasteiger partial charge in [-0.25, -0.2) is 4.79 Å². The number of hydrogen-bond donors (Lipinski definition) is 2. The van der Waals surface area contributed by atoms with Gasteiger partial charge in [-0.1, -0.05) is 29.8 Å². The molecule has 2 aromatic carbocycles. The zero-order chi connectivity index (χ0) is 31.8. The molecule has 230 valence electrons. The first-order valence-electron chi connectivity index (χ1n) is 14.1. The lowest BCUT2D eigenvalue weighted by Gasteiger charge is -2.35. The maximum absolute atomic E-state index is 14.4. The summed E-state index contributed by atoms with van der Waals surface area (Å²) >= 11 is 6.24. The van der Waals surface area contributed by atoms with Gasteiger partial charge in [-0.15, -0.1) is 0 Å². The number of ketones is 1. The molecule has 4 amide bonds. The molecule has 3 aromatic rings. The van der Waals surface area contributed by atoms with E-state index in [9.17, 15) is 19.2 Å². The lowest BCUT2D eigenvalue weighted by Crippen LogP contribution is -2.55. The lowest BCUT2D eigenvalue weighted by molar-refractivity contribution is -0.123. The molecule has 0 radical (unpaired) electrons. The van der Waals surface area contributed by atoms with Crippen LogP contribution < -0.4 is 15.8 Å². The molecule has 3 N–H and O–H groups in total. The number of aryl methyl sites for hydroxylation is 1. The molecule has 3 heterocycles. The van der Waals surface area contributed by atoms with Crippen molar-refractivity contribution < 1.29 is 23.9 Å². The summed E-state index contributed by atoms with van der Waals surface area (Å²) in [6.45, 7) is 6.07. The number of piperazine rings is 1. The Morgan fingerprint density at radius 1 is 1.11 bits per heavy atom. The number of aromatic nitrogens is 2. The van der Waals surface area contributed by atoms with Crippen molar-refractivity contribution in [2.75, 3.05) is 19.6 Å². The lowest BCUT2D eigenvalue weighted by atomic mass is 9.97. The van der Waals surface area contributed by atoms with Gasteiger partial charge in [-0.05, 0) is 56.7 Å². The molecule has 1 fully saturated rings. The van der Waals surface area contributed by atoms with Crippen LogP contribution in [0.3, 0.4) is 0 Å². The number of halogens is 1. The molecule has 12 nitrogen and oxygen atoms in total. The summed E-state index contributed by atoms with van der Waals surface area (Å²) in [4.78, 5) is 59.2. The molecule has 44 heavy (non-hydrogen) atoms. The monoisotopic (exact) mass is 619 g/mol. The van der Waals surface area contributed by atoms with E-state index in [1.54, 1.807) is 47.1 Å². The van der Waals surface area contributed by atoms with Crippen molar-refractivity contribution >= 4 is 41.1 Å². The Balaban J connectivity index is 1.71. The molecule has 0 spiro atoms. The maximum atomic E-state index is 14.4. The Morgan fingerprint density at radius 2 is 1.84 bits per heavy atom. The average Bonchev–Trinajstić information content (AvgIpc) is 3.55. The average molecular weight is 620 g/mol. The van der Waals surface area contributed by atoms with Crippen molar-refractivity contribution in [2.24, 2.45) is 17.8 Å². The molecule has 0 bridgehead atoms. The van der Waals surface area contributed by atoms with Crippen molar-refractivity contribution in [1.29, 1.82) is 0 Å². The van der Waals surface area contributed by atoms with Gasteiger partial charge in [0.2, 0.25) is 11.8 Å². The van der Waals surface area contributed by atoms with Crippen LogP contribution in [0.2, 0.25) is 5.02 Å². The number of Topliss-reactive ketones (excluding diaryl/α,β-unsaturated/α-hetero) is 1. The van der Waals surface area contributed by atoms with Gasteiger partial charge in [0.15, 0.2) is 5.78 Å². The molecule has 2 atom stereocenters. The minimum absolute atomic E-state index is 0.115. The van der Waals surface area contributed by atoms with Gasteiger partial charge in [-0.3, -0.25) is 29.0 Å². The summed E-state index contributed by atoms with van der Waals surface area (Å²) in [5.41, 5.74) is 6.64. The van der Waals surface area contributed by atoms with Crippen molar-refractivity contribution in [1.82, 2.24) is 24.9 Å². The number of urea groups is 1. The Morgan fingerprint density at radius 3 is 2.45 bits per heavy atom. The summed E-state index contributed by atoms with van der Waals surface area (Å²) in [5.74, 6) is -0.902. The number of hydrogen-bond acceptors (Lipinski definition) is 7. The Bertz CT molecular complexity index is 1640. The zero-order valence-corrected chi connectivity index (χ0v) is 25.7. The number of amides is 4.